The first-order chi connectivity index (χ1) is 7.85. The van der Waals surface area contributed by atoms with E-state index in [0.29, 0.717) is 12.0 Å². The molecule has 1 saturated heterocycles. The molecule has 2 unspecified atom stereocenters. The van der Waals surface area contributed by atoms with Crippen molar-refractivity contribution >= 4 is 0 Å². The van der Waals surface area contributed by atoms with Gasteiger partial charge in [-0.15, -0.1) is 0 Å². The Bertz CT molecular complexity index is 320. The quantitative estimate of drug-likeness (QED) is 0.840. The maximum Gasteiger partial charge on any atom is 0.119 e. The molecule has 0 amide bonds. The minimum absolute atomic E-state index is 0.651. The second-order valence-electron chi connectivity index (χ2n) is 4.37. The summed E-state index contributed by atoms with van der Waals surface area (Å²) < 4.78 is 5.46. The van der Waals surface area contributed by atoms with Crippen LogP contribution < -0.4 is 10.1 Å². The molecule has 0 spiro atoms. The summed E-state index contributed by atoms with van der Waals surface area (Å²) in [4.78, 5) is 0. The lowest BCUT2D eigenvalue weighted by Crippen LogP contribution is -2.24. The van der Waals surface area contributed by atoms with Gasteiger partial charge in [-0.25, -0.2) is 0 Å². The first kappa shape index (κ1) is 11.5. The molecule has 1 aliphatic rings. The van der Waals surface area contributed by atoms with E-state index in [2.05, 4.69) is 36.5 Å². The van der Waals surface area contributed by atoms with Crippen LogP contribution in [0, 0.1) is 0 Å². The summed E-state index contributed by atoms with van der Waals surface area (Å²) >= 11 is 0. The number of benzene rings is 1. The van der Waals surface area contributed by atoms with E-state index in [-0.39, 0.29) is 0 Å². The van der Waals surface area contributed by atoms with Crippen molar-refractivity contribution in [1.29, 1.82) is 0 Å². The lowest BCUT2D eigenvalue weighted by Gasteiger charge is -2.18. The van der Waals surface area contributed by atoms with E-state index in [9.17, 15) is 0 Å². The smallest absolute Gasteiger partial charge is 0.119 e. The molecule has 16 heavy (non-hydrogen) atoms. The number of hydrogen-bond acceptors (Lipinski definition) is 2. The van der Waals surface area contributed by atoms with Crippen LogP contribution in [-0.4, -0.2) is 19.2 Å². The van der Waals surface area contributed by atoms with E-state index in [1.807, 2.05) is 6.92 Å². The minimum atomic E-state index is 0.651. The zero-order valence-electron chi connectivity index (χ0n) is 10.2. The fourth-order valence-electron chi connectivity index (χ4n) is 2.57. The van der Waals surface area contributed by atoms with Crippen LogP contribution in [0.3, 0.4) is 0 Å². The number of ether oxygens (including phenoxy) is 1. The van der Waals surface area contributed by atoms with Gasteiger partial charge in [-0.1, -0.05) is 19.1 Å². The van der Waals surface area contributed by atoms with E-state index < -0.39 is 0 Å². The van der Waals surface area contributed by atoms with Gasteiger partial charge in [0.15, 0.2) is 0 Å². The summed E-state index contributed by atoms with van der Waals surface area (Å²) in [5.74, 6) is 1.66. The zero-order valence-corrected chi connectivity index (χ0v) is 10.2. The molecule has 2 rings (SSSR count). The Morgan fingerprint density at radius 1 is 1.25 bits per heavy atom. The average molecular weight is 219 g/mol. The Morgan fingerprint density at radius 2 is 2.00 bits per heavy atom. The van der Waals surface area contributed by atoms with Crippen LogP contribution in [0.5, 0.6) is 5.75 Å². The molecule has 0 saturated carbocycles. The fourth-order valence-corrected chi connectivity index (χ4v) is 2.57. The Labute approximate surface area is 98.0 Å². The van der Waals surface area contributed by atoms with Crippen LogP contribution in [0.25, 0.3) is 0 Å². The molecule has 0 aromatic heterocycles. The molecule has 0 radical (unpaired) electrons. The topological polar surface area (TPSA) is 21.3 Å². The second-order valence-corrected chi connectivity index (χ2v) is 4.37. The standard InChI is InChI=1S/C14H21NO/c1-3-14-13(9-10-15-14)11-5-7-12(8-6-11)16-4-2/h5-8,13-15H,3-4,9-10H2,1-2H3. The molecule has 1 heterocycles. The highest BCUT2D eigenvalue weighted by atomic mass is 16.5. The molecule has 0 aliphatic carbocycles. The molecule has 1 aliphatic heterocycles. The summed E-state index contributed by atoms with van der Waals surface area (Å²) in [6.07, 6.45) is 2.46. The maximum absolute atomic E-state index is 5.46. The van der Waals surface area contributed by atoms with Crippen molar-refractivity contribution in [3.05, 3.63) is 29.8 Å². The molecule has 2 atom stereocenters. The highest BCUT2D eigenvalue weighted by molar-refractivity contribution is 5.31. The third-order valence-corrected chi connectivity index (χ3v) is 3.41. The molecule has 1 aromatic carbocycles. The summed E-state index contributed by atoms with van der Waals surface area (Å²) in [5.41, 5.74) is 1.44. The Hall–Kier alpha value is -1.02. The molecule has 1 fully saturated rings. The van der Waals surface area contributed by atoms with Gasteiger partial charge in [0.05, 0.1) is 6.61 Å². The van der Waals surface area contributed by atoms with Gasteiger partial charge >= 0.3 is 0 Å². The highest BCUT2D eigenvalue weighted by Gasteiger charge is 2.26. The minimum Gasteiger partial charge on any atom is -0.494 e. The van der Waals surface area contributed by atoms with Crippen LogP contribution in [0.15, 0.2) is 24.3 Å². The van der Waals surface area contributed by atoms with E-state index in [1.165, 1.54) is 18.4 Å². The second kappa shape index (κ2) is 5.35. The third-order valence-electron chi connectivity index (χ3n) is 3.41. The first-order valence-corrected chi connectivity index (χ1v) is 6.31. The lowest BCUT2D eigenvalue weighted by atomic mass is 9.91. The first-order valence-electron chi connectivity index (χ1n) is 6.31. The van der Waals surface area contributed by atoms with Gasteiger partial charge in [-0.05, 0) is 44.0 Å². The van der Waals surface area contributed by atoms with Gasteiger partial charge in [-0.2, -0.15) is 0 Å². The van der Waals surface area contributed by atoms with E-state index in [4.69, 9.17) is 4.74 Å². The van der Waals surface area contributed by atoms with E-state index in [0.717, 1.165) is 18.9 Å². The SMILES string of the molecule is CCOc1ccc(C2CCNC2CC)cc1. The van der Waals surface area contributed by atoms with Crippen molar-refractivity contribution in [1.82, 2.24) is 5.32 Å². The van der Waals surface area contributed by atoms with Crippen LogP contribution in [-0.2, 0) is 0 Å². The Balaban J connectivity index is 2.08. The largest absolute Gasteiger partial charge is 0.494 e. The van der Waals surface area contributed by atoms with Gasteiger partial charge in [-0.3, -0.25) is 0 Å². The normalized spacial score (nSPS) is 24.6. The van der Waals surface area contributed by atoms with Crippen molar-refractivity contribution in [3.63, 3.8) is 0 Å². The summed E-state index contributed by atoms with van der Waals surface area (Å²) in [5, 5.41) is 3.56. The Morgan fingerprint density at radius 3 is 2.62 bits per heavy atom. The van der Waals surface area contributed by atoms with Gasteiger partial charge in [0.25, 0.3) is 0 Å². The van der Waals surface area contributed by atoms with Crippen molar-refractivity contribution < 1.29 is 4.74 Å². The number of rotatable bonds is 4. The molecular formula is C14H21NO. The van der Waals surface area contributed by atoms with Gasteiger partial charge in [0.1, 0.15) is 5.75 Å². The number of hydrogen-bond donors (Lipinski definition) is 1. The Kier molecular flexibility index (Phi) is 3.83. The van der Waals surface area contributed by atoms with Crippen LogP contribution in [0.1, 0.15) is 38.2 Å². The molecular weight excluding hydrogens is 198 g/mol. The summed E-state index contributed by atoms with van der Waals surface area (Å²) in [6, 6.07) is 9.25. The fraction of sp³-hybridized carbons (Fsp3) is 0.571. The van der Waals surface area contributed by atoms with Crippen LogP contribution >= 0.6 is 0 Å². The van der Waals surface area contributed by atoms with Gasteiger partial charge in [0, 0.05) is 12.0 Å². The number of nitrogens with one attached hydrogen (secondary N) is 1. The van der Waals surface area contributed by atoms with E-state index in [1.54, 1.807) is 0 Å². The van der Waals surface area contributed by atoms with Crippen molar-refractivity contribution in [3.8, 4) is 5.75 Å². The average Bonchev–Trinajstić information content (AvgIpc) is 2.78. The summed E-state index contributed by atoms with van der Waals surface area (Å²) in [6.45, 7) is 6.16. The van der Waals surface area contributed by atoms with Gasteiger partial charge < -0.3 is 10.1 Å². The predicted octanol–water partition coefficient (Wildman–Crippen LogP) is 2.94. The van der Waals surface area contributed by atoms with Crippen LogP contribution in [0.2, 0.25) is 0 Å². The summed E-state index contributed by atoms with van der Waals surface area (Å²) in [7, 11) is 0. The zero-order chi connectivity index (χ0) is 11.4. The maximum atomic E-state index is 5.46. The van der Waals surface area contributed by atoms with Crippen LogP contribution in [0.4, 0.5) is 0 Å². The highest BCUT2D eigenvalue weighted by Crippen LogP contribution is 2.30. The third kappa shape index (κ3) is 2.38. The lowest BCUT2D eigenvalue weighted by molar-refractivity contribution is 0.340. The van der Waals surface area contributed by atoms with Crippen molar-refractivity contribution in [2.24, 2.45) is 0 Å². The predicted molar refractivity (Wildman–Crippen MR) is 67.1 cm³/mol. The molecule has 2 heteroatoms. The monoisotopic (exact) mass is 219 g/mol. The van der Waals surface area contributed by atoms with Crippen molar-refractivity contribution in [2.75, 3.05) is 13.2 Å². The molecule has 0 bridgehead atoms. The van der Waals surface area contributed by atoms with Gasteiger partial charge in [0.2, 0.25) is 0 Å². The molecule has 1 aromatic rings. The molecule has 1 N–H and O–H groups in total. The molecule has 2 nitrogen and oxygen atoms in total. The molecule has 88 valence electrons. The van der Waals surface area contributed by atoms with Crippen molar-refractivity contribution in [2.45, 2.75) is 38.6 Å². The van der Waals surface area contributed by atoms with E-state index >= 15 is 0 Å².